The topological polar surface area (TPSA) is 60.7 Å². The van der Waals surface area contributed by atoms with Gasteiger partial charge in [0.2, 0.25) is 11.6 Å². The summed E-state index contributed by atoms with van der Waals surface area (Å²) in [4.78, 5) is 21.3. The molecule has 1 saturated carbocycles. The van der Waals surface area contributed by atoms with Crippen LogP contribution >= 0.6 is 0 Å². The highest BCUT2D eigenvalue weighted by atomic mass is 19.1. The van der Waals surface area contributed by atoms with Gasteiger partial charge in [-0.15, -0.1) is 5.10 Å². The van der Waals surface area contributed by atoms with E-state index in [-0.39, 0.29) is 35.3 Å². The summed E-state index contributed by atoms with van der Waals surface area (Å²) in [6.07, 6.45) is 1.60. The lowest BCUT2D eigenvalue weighted by Crippen LogP contribution is -2.11. The zero-order valence-electron chi connectivity index (χ0n) is 14.0. The molecule has 0 bridgehead atoms. The number of aromatic nitrogens is 4. The summed E-state index contributed by atoms with van der Waals surface area (Å²) in [6.45, 7) is 0. The van der Waals surface area contributed by atoms with E-state index in [4.69, 9.17) is 0 Å². The molecule has 4 unspecified atom stereocenters. The molecule has 1 aliphatic carbocycles. The van der Waals surface area contributed by atoms with Crippen molar-refractivity contribution in [2.24, 2.45) is 5.92 Å². The molecule has 0 radical (unpaired) electrons. The van der Waals surface area contributed by atoms with E-state index in [0.717, 1.165) is 17.7 Å². The number of hydrogen-bond donors (Lipinski definition) is 0. The minimum Gasteiger partial charge on any atom is -0.290 e. The molecular formula is C20H17FN4O. The number of hydrogen-bond acceptors (Lipinski definition) is 4. The maximum atomic E-state index is 14.4. The van der Waals surface area contributed by atoms with Gasteiger partial charge in [-0.1, -0.05) is 36.4 Å². The Morgan fingerprint density at radius 1 is 1.08 bits per heavy atom. The second-order valence-electron chi connectivity index (χ2n) is 6.94. The minimum absolute atomic E-state index is 0.110. The third-order valence-electron chi connectivity index (χ3n) is 5.26. The summed E-state index contributed by atoms with van der Waals surface area (Å²) >= 11 is 0. The highest BCUT2D eigenvalue weighted by molar-refractivity contribution is 5.97. The molecule has 5 rings (SSSR count). The number of nitrogens with zero attached hydrogens (tertiary/aromatic N) is 4. The second kappa shape index (κ2) is 5.83. The number of Topliss-reactive ketones (excluding diaryl/α,β-unsaturated/α-hetero) is 1. The third-order valence-corrected chi connectivity index (χ3v) is 5.26. The van der Waals surface area contributed by atoms with Crippen LogP contribution in [0.5, 0.6) is 0 Å². The average Bonchev–Trinajstić information content (AvgIpc) is 3.27. The van der Waals surface area contributed by atoms with Crippen molar-refractivity contribution in [3.8, 4) is 0 Å². The molecule has 0 N–H and O–H groups in total. The first-order valence-electron chi connectivity index (χ1n) is 8.83. The van der Waals surface area contributed by atoms with Crippen molar-refractivity contribution < 1.29 is 9.18 Å². The smallest absolute Gasteiger partial charge is 0.217 e. The van der Waals surface area contributed by atoms with E-state index >= 15 is 0 Å². The quantitative estimate of drug-likeness (QED) is 0.675. The Hall–Kier alpha value is -2.89. The molecule has 26 heavy (non-hydrogen) atoms. The molecule has 0 amide bonds. The lowest BCUT2D eigenvalue weighted by atomic mass is 10.0. The highest BCUT2D eigenvalue weighted by Crippen LogP contribution is 2.48. The Balaban J connectivity index is 1.41. The van der Waals surface area contributed by atoms with E-state index in [1.54, 1.807) is 10.9 Å². The van der Waals surface area contributed by atoms with Crippen LogP contribution in [0.2, 0.25) is 0 Å². The van der Waals surface area contributed by atoms with Crippen molar-refractivity contribution in [2.45, 2.75) is 31.0 Å². The van der Waals surface area contributed by atoms with Crippen molar-refractivity contribution in [2.75, 3.05) is 0 Å². The van der Waals surface area contributed by atoms with Crippen LogP contribution in [-0.2, 0) is 0 Å². The first-order chi connectivity index (χ1) is 12.7. The molecule has 3 aromatic rings. The molecule has 0 spiro atoms. The molecule has 6 heteroatoms. The lowest BCUT2D eigenvalue weighted by molar-refractivity contribution is 0.0954. The van der Waals surface area contributed by atoms with Crippen molar-refractivity contribution in [1.82, 2.24) is 19.7 Å². The first kappa shape index (κ1) is 15.4. The standard InChI is InChI=1S/C20H17FN4O/c21-15-11-17(12-6-2-1-3-7-12)25-20(15)23-19(24-25)18(26)14-10-13(14)16-8-4-5-9-22-16/h1-9,13-15,17H,10-11H2. The first-order valence-corrected chi connectivity index (χ1v) is 8.83. The lowest BCUT2D eigenvalue weighted by Gasteiger charge is -2.11. The SMILES string of the molecule is O=C(c1nc2n(n1)C(c1ccccc1)CC2F)C1CC1c1ccccn1. The minimum atomic E-state index is -1.19. The molecule has 1 aromatic carbocycles. The van der Waals surface area contributed by atoms with Crippen LogP contribution < -0.4 is 0 Å². The van der Waals surface area contributed by atoms with Crippen LogP contribution in [0.1, 0.15) is 58.7 Å². The number of halogens is 1. The van der Waals surface area contributed by atoms with E-state index in [1.807, 2.05) is 48.5 Å². The fourth-order valence-electron chi connectivity index (χ4n) is 3.81. The fraction of sp³-hybridized carbons (Fsp3) is 0.300. The number of pyridine rings is 1. The Morgan fingerprint density at radius 3 is 2.65 bits per heavy atom. The van der Waals surface area contributed by atoms with Crippen molar-refractivity contribution >= 4 is 5.78 Å². The maximum absolute atomic E-state index is 14.4. The fourth-order valence-corrected chi connectivity index (χ4v) is 3.81. The molecule has 1 fully saturated rings. The highest BCUT2D eigenvalue weighted by Gasteiger charge is 2.47. The van der Waals surface area contributed by atoms with E-state index in [1.165, 1.54) is 0 Å². The van der Waals surface area contributed by atoms with Crippen LogP contribution in [-0.4, -0.2) is 25.5 Å². The zero-order valence-corrected chi connectivity index (χ0v) is 14.0. The zero-order chi connectivity index (χ0) is 17.7. The number of carbonyl (C=O) groups excluding carboxylic acids is 1. The molecule has 1 aliphatic heterocycles. The normalized spacial score (nSPS) is 26.5. The molecule has 2 aromatic heterocycles. The molecular weight excluding hydrogens is 331 g/mol. The predicted octanol–water partition coefficient (Wildman–Crippen LogP) is 3.66. The van der Waals surface area contributed by atoms with E-state index < -0.39 is 6.17 Å². The van der Waals surface area contributed by atoms with Crippen LogP contribution in [0.4, 0.5) is 4.39 Å². The van der Waals surface area contributed by atoms with Gasteiger partial charge in [0, 0.05) is 30.1 Å². The summed E-state index contributed by atoms with van der Waals surface area (Å²) in [5.41, 5.74) is 1.90. The number of ketones is 1. The Labute approximate surface area is 149 Å². The summed E-state index contributed by atoms with van der Waals surface area (Å²) < 4.78 is 16.0. The Bertz CT molecular complexity index is 956. The third kappa shape index (κ3) is 2.44. The van der Waals surface area contributed by atoms with Gasteiger partial charge < -0.3 is 0 Å². The number of rotatable bonds is 4. The van der Waals surface area contributed by atoms with Gasteiger partial charge >= 0.3 is 0 Å². The molecule has 4 atom stereocenters. The molecule has 3 heterocycles. The summed E-state index contributed by atoms with van der Waals surface area (Å²) in [5, 5.41) is 4.38. The maximum Gasteiger partial charge on any atom is 0.217 e. The predicted molar refractivity (Wildman–Crippen MR) is 92.5 cm³/mol. The van der Waals surface area contributed by atoms with Crippen LogP contribution in [0.3, 0.4) is 0 Å². The van der Waals surface area contributed by atoms with Gasteiger partial charge in [0.25, 0.3) is 0 Å². The Morgan fingerprint density at radius 2 is 1.88 bits per heavy atom. The summed E-state index contributed by atoms with van der Waals surface area (Å²) in [6, 6.07) is 15.2. The van der Waals surface area contributed by atoms with E-state index in [2.05, 4.69) is 15.1 Å². The number of carbonyl (C=O) groups is 1. The van der Waals surface area contributed by atoms with Crippen molar-refractivity contribution in [3.05, 3.63) is 77.6 Å². The van der Waals surface area contributed by atoms with Gasteiger partial charge in [-0.3, -0.25) is 9.78 Å². The largest absolute Gasteiger partial charge is 0.290 e. The van der Waals surface area contributed by atoms with Crippen LogP contribution in [0, 0.1) is 5.92 Å². The van der Waals surface area contributed by atoms with E-state index in [9.17, 15) is 9.18 Å². The summed E-state index contributed by atoms with van der Waals surface area (Å²) in [5.74, 6) is 0.250. The monoisotopic (exact) mass is 348 g/mol. The van der Waals surface area contributed by atoms with E-state index in [0.29, 0.717) is 6.42 Å². The molecule has 2 aliphatic rings. The van der Waals surface area contributed by atoms with Gasteiger partial charge in [0.05, 0.1) is 6.04 Å². The van der Waals surface area contributed by atoms with Gasteiger partial charge in [-0.2, -0.15) is 0 Å². The van der Waals surface area contributed by atoms with Gasteiger partial charge in [-0.25, -0.2) is 14.1 Å². The van der Waals surface area contributed by atoms with Crippen molar-refractivity contribution in [1.29, 1.82) is 0 Å². The van der Waals surface area contributed by atoms with Crippen LogP contribution in [0.15, 0.2) is 54.7 Å². The summed E-state index contributed by atoms with van der Waals surface area (Å²) in [7, 11) is 0. The van der Waals surface area contributed by atoms with Gasteiger partial charge in [-0.05, 0) is 24.1 Å². The molecule has 5 nitrogen and oxygen atoms in total. The Kier molecular flexibility index (Phi) is 3.45. The molecule has 130 valence electrons. The average molecular weight is 348 g/mol. The van der Waals surface area contributed by atoms with Crippen molar-refractivity contribution in [3.63, 3.8) is 0 Å². The van der Waals surface area contributed by atoms with Gasteiger partial charge in [0.1, 0.15) is 0 Å². The van der Waals surface area contributed by atoms with Crippen LogP contribution in [0.25, 0.3) is 0 Å². The van der Waals surface area contributed by atoms with Gasteiger partial charge in [0.15, 0.2) is 12.0 Å². The second-order valence-corrected chi connectivity index (χ2v) is 6.94. The number of alkyl halides is 1. The number of benzene rings is 1. The number of fused-ring (bicyclic) bond motifs is 1. The molecule has 0 saturated heterocycles.